The Morgan fingerprint density at radius 1 is 1.44 bits per heavy atom. The highest BCUT2D eigenvalue weighted by Gasteiger charge is 2.39. The molecule has 0 aromatic carbocycles. The number of hydrogen-bond donors (Lipinski definition) is 2. The molecule has 0 bridgehead atoms. The minimum absolute atomic E-state index is 0.161. The summed E-state index contributed by atoms with van der Waals surface area (Å²) >= 11 is 0. The van der Waals surface area contributed by atoms with E-state index in [-0.39, 0.29) is 11.3 Å². The lowest BCUT2D eigenvalue weighted by atomic mass is 9.76. The predicted molar refractivity (Wildman–Crippen MR) is 71.4 cm³/mol. The Kier molecular flexibility index (Phi) is 5.01. The first-order valence-corrected chi connectivity index (χ1v) is 7.36. The van der Waals surface area contributed by atoms with E-state index >= 15 is 0 Å². The molecule has 2 heterocycles. The van der Waals surface area contributed by atoms with Crippen molar-refractivity contribution in [2.45, 2.75) is 51.5 Å². The van der Waals surface area contributed by atoms with Crippen molar-refractivity contribution in [1.82, 2.24) is 10.6 Å². The van der Waals surface area contributed by atoms with Crippen LogP contribution < -0.4 is 10.6 Å². The lowest BCUT2D eigenvalue weighted by Crippen LogP contribution is -2.53. The van der Waals surface area contributed by atoms with Crippen LogP contribution in [0.3, 0.4) is 0 Å². The Labute approximate surface area is 110 Å². The number of carbonyl (C=O) groups is 1. The Bertz CT molecular complexity index is 263. The van der Waals surface area contributed by atoms with Crippen molar-refractivity contribution in [2.24, 2.45) is 5.41 Å². The van der Waals surface area contributed by atoms with Crippen molar-refractivity contribution < 1.29 is 9.53 Å². The fourth-order valence-electron chi connectivity index (χ4n) is 3.15. The Hall–Kier alpha value is -0.610. The monoisotopic (exact) mass is 254 g/mol. The van der Waals surface area contributed by atoms with Crippen LogP contribution in [0.4, 0.5) is 0 Å². The van der Waals surface area contributed by atoms with E-state index in [1.54, 1.807) is 0 Å². The zero-order chi connectivity index (χ0) is 12.8. The summed E-state index contributed by atoms with van der Waals surface area (Å²) in [7, 11) is 0. The standard InChI is InChI=1S/C14H26N2O2/c1-2-6-14(7-3-8-15-11-14)13(17)16-12-4-9-18-10-5-12/h12,15H,2-11H2,1H3,(H,16,17). The summed E-state index contributed by atoms with van der Waals surface area (Å²) in [6.07, 6.45) is 6.13. The number of nitrogens with one attached hydrogen (secondary N) is 2. The molecule has 2 saturated heterocycles. The van der Waals surface area contributed by atoms with Crippen molar-refractivity contribution >= 4 is 5.91 Å². The maximum atomic E-state index is 12.6. The third-order valence-electron chi connectivity index (χ3n) is 4.24. The molecule has 0 aliphatic carbocycles. The van der Waals surface area contributed by atoms with Crippen LogP contribution in [-0.2, 0) is 9.53 Å². The fraction of sp³-hybridized carbons (Fsp3) is 0.929. The van der Waals surface area contributed by atoms with Crippen molar-refractivity contribution in [2.75, 3.05) is 26.3 Å². The van der Waals surface area contributed by atoms with Gasteiger partial charge in [0.25, 0.3) is 0 Å². The minimum Gasteiger partial charge on any atom is -0.381 e. The zero-order valence-corrected chi connectivity index (χ0v) is 11.5. The molecule has 1 amide bonds. The molecule has 2 N–H and O–H groups in total. The van der Waals surface area contributed by atoms with Gasteiger partial charge in [-0.05, 0) is 38.6 Å². The molecule has 2 rings (SSSR count). The first kappa shape index (κ1) is 13.8. The van der Waals surface area contributed by atoms with Crippen LogP contribution in [0.25, 0.3) is 0 Å². The normalized spacial score (nSPS) is 30.1. The smallest absolute Gasteiger partial charge is 0.227 e. The quantitative estimate of drug-likeness (QED) is 0.798. The van der Waals surface area contributed by atoms with Gasteiger partial charge in [-0.15, -0.1) is 0 Å². The second-order valence-electron chi connectivity index (χ2n) is 5.67. The molecule has 1 atom stereocenters. The SMILES string of the molecule is CCCC1(C(=O)NC2CCOCC2)CCCNC1. The highest BCUT2D eigenvalue weighted by Crippen LogP contribution is 2.32. The van der Waals surface area contributed by atoms with E-state index < -0.39 is 0 Å². The van der Waals surface area contributed by atoms with Gasteiger partial charge in [-0.2, -0.15) is 0 Å². The lowest BCUT2D eigenvalue weighted by molar-refractivity contribution is -0.134. The van der Waals surface area contributed by atoms with Gasteiger partial charge in [-0.25, -0.2) is 0 Å². The Morgan fingerprint density at radius 3 is 2.83 bits per heavy atom. The number of hydrogen-bond acceptors (Lipinski definition) is 3. The second-order valence-corrected chi connectivity index (χ2v) is 5.67. The molecule has 2 aliphatic rings. The van der Waals surface area contributed by atoms with E-state index in [4.69, 9.17) is 4.74 Å². The molecule has 18 heavy (non-hydrogen) atoms. The minimum atomic E-state index is -0.161. The maximum Gasteiger partial charge on any atom is 0.227 e. The van der Waals surface area contributed by atoms with Crippen LogP contribution in [0.5, 0.6) is 0 Å². The van der Waals surface area contributed by atoms with Gasteiger partial charge in [-0.1, -0.05) is 13.3 Å². The largest absolute Gasteiger partial charge is 0.381 e. The van der Waals surface area contributed by atoms with E-state index in [1.165, 1.54) is 0 Å². The molecule has 0 spiro atoms. The summed E-state index contributed by atoms with van der Waals surface area (Å²) in [6, 6.07) is 0.321. The van der Waals surface area contributed by atoms with Crippen molar-refractivity contribution in [3.63, 3.8) is 0 Å². The maximum absolute atomic E-state index is 12.6. The number of rotatable bonds is 4. The van der Waals surface area contributed by atoms with Crippen LogP contribution in [0, 0.1) is 5.41 Å². The van der Waals surface area contributed by atoms with E-state index in [0.29, 0.717) is 6.04 Å². The van der Waals surface area contributed by atoms with E-state index in [1.807, 2.05) is 0 Å². The molecule has 4 heteroatoms. The molecule has 0 aromatic rings. The number of piperidine rings is 1. The Balaban J connectivity index is 1.94. The zero-order valence-electron chi connectivity index (χ0n) is 11.5. The summed E-state index contributed by atoms with van der Waals surface area (Å²) in [5.41, 5.74) is -0.161. The van der Waals surface area contributed by atoms with Gasteiger partial charge < -0.3 is 15.4 Å². The summed E-state index contributed by atoms with van der Waals surface area (Å²) in [4.78, 5) is 12.6. The molecular formula is C14H26N2O2. The molecule has 0 saturated carbocycles. The third kappa shape index (κ3) is 3.23. The van der Waals surface area contributed by atoms with Crippen LogP contribution in [0.1, 0.15) is 45.4 Å². The van der Waals surface area contributed by atoms with Gasteiger partial charge in [0.05, 0.1) is 5.41 Å². The van der Waals surface area contributed by atoms with Crippen molar-refractivity contribution in [3.05, 3.63) is 0 Å². The molecule has 4 nitrogen and oxygen atoms in total. The van der Waals surface area contributed by atoms with Gasteiger partial charge in [-0.3, -0.25) is 4.79 Å². The summed E-state index contributed by atoms with van der Waals surface area (Å²) in [5, 5.41) is 6.65. The fourth-order valence-corrected chi connectivity index (χ4v) is 3.15. The first-order valence-electron chi connectivity index (χ1n) is 7.36. The third-order valence-corrected chi connectivity index (χ3v) is 4.24. The number of carbonyl (C=O) groups excluding carboxylic acids is 1. The van der Waals surface area contributed by atoms with Crippen LogP contribution >= 0.6 is 0 Å². The van der Waals surface area contributed by atoms with Crippen LogP contribution in [-0.4, -0.2) is 38.3 Å². The van der Waals surface area contributed by atoms with Gasteiger partial charge in [0.1, 0.15) is 0 Å². The topological polar surface area (TPSA) is 50.4 Å². The summed E-state index contributed by atoms with van der Waals surface area (Å²) in [5.74, 6) is 0.267. The number of ether oxygens (including phenoxy) is 1. The Morgan fingerprint density at radius 2 is 2.22 bits per heavy atom. The number of amides is 1. The van der Waals surface area contributed by atoms with Gasteiger partial charge >= 0.3 is 0 Å². The van der Waals surface area contributed by atoms with Crippen molar-refractivity contribution in [1.29, 1.82) is 0 Å². The lowest BCUT2D eigenvalue weighted by Gasteiger charge is -2.38. The molecule has 0 radical (unpaired) electrons. The van der Waals surface area contributed by atoms with E-state index in [2.05, 4.69) is 17.6 Å². The van der Waals surface area contributed by atoms with Gasteiger partial charge in [0.2, 0.25) is 5.91 Å². The molecule has 2 aliphatic heterocycles. The van der Waals surface area contributed by atoms with Gasteiger partial charge in [0, 0.05) is 25.8 Å². The highest BCUT2D eigenvalue weighted by molar-refractivity contribution is 5.83. The predicted octanol–water partition coefficient (Wildman–Crippen LogP) is 1.45. The van der Waals surface area contributed by atoms with Crippen LogP contribution in [0.2, 0.25) is 0 Å². The average molecular weight is 254 g/mol. The first-order chi connectivity index (χ1) is 8.77. The average Bonchev–Trinajstić information content (AvgIpc) is 2.41. The van der Waals surface area contributed by atoms with Gasteiger partial charge in [0.15, 0.2) is 0 Å². The second kappa shape index (κ2) is 6.53. The summed E-state index contributed by atoms with van der Waals surface area (Å²) in [6.45, 7) is 5.62. The van der Waals surface area contributed by atoms with Crippen LogP contribution in [0.15, 0.2) is 0 Å². The van der Waals surface area contributed by atoms with E-state index in [0.717, 1.165) is 64.8 Å². The van der Waals surface area contributed by atoms with E-state index in [9.17, 15) is 4.79 Å². The molecular weight excluding hydrogens is 228 g/mol. The highest BCUT2D eigenvalue weighted by atomic mass is 16.5. The summed E-state index contributed by atoms with van der Waals surface area (Å²) < 4.78 is 5.34. The van der Waals surface area contributed by atoms with Crippen molar-refractivity contribution in [3.8, 4) is 0 Å². The molecule has 104 valence electrons. The molecule has 0 aromatic heterocycles. The molecule has 2 fully saturated rings. The molecule has 1 unspecified atom stereocenters.